The van der Waals surface area contributed by atoms with Crippen LogP contribution in [0.2, 0.25) is 0 Å². The Morgan fingerprint density at radius 3 is 1.25 bits per heavy atom. The molecule has 2 heterocycles. The number of piperidine rings is 1. The molecule has 0 aliphatic carbocycles. The molecule has 2 aliphatic rings. The quantitative estimate of drug-likeness (QED) is 0.175. The van der Waals surface area contributed by atoms with Crippen LogP contribution in [0.4, 0.5) is 53.3 Å². The van der Waals surface area contributed by atoms with E-state index in [4.69, 9.17) is 0 Å². The Bertz CT molecular complexity index is 643. The molecule has 216 valence electrons. The van der Waals surface area contributed by atoms with Crippen LogP contribution in [0.25, 0.3) is 0 Å². The summed E-state index contributed by atoms with van der Waals surface area (Å²) in [6, 6.07) is -8.31. The summed E-state index contributed by atoms with van der Waals surface area (Å²) in [5, 5.41) is 0. The third-order valence-electron chi connectivity index (χ3n) is 6.06. The van der Waals surface area contributed by atoms with Crippen LogP contribution in [-0.2, 0) is 0 Å². The molecule has 2 aliphatic heterocycles. The highest BCUT2D eigenvalue weighted by atomic mass is 19.3. The van der Waals surface area contributed by atoms with Gasteiger partial charge in [-0.3, -0.25) is 9.41 Å². The van der Waals surface area contributed by atoms with Crippen LogP contribution < -0.4 is 0 Å². The Morgan fingerprint density at radius 2 is 0.944 bits per heavy atom. The number of likely N-dealkylation sites (tertiary alicyclic amines) is 2. The van der Waals surface area contributed by atoms with Gasteiger partial charge in [-0.2, -0.15) is 35.1 Å². The smallest absolute Gasteiger partial charge is 0.269 e. The Hall–Kier alpha value is -1.44. The van der Waals surface area contributed by atoms with Crippen molar-refractivity contribution in [1.82, 2.24) is 9.80 Å². The third-order valence-corrected chi connectivity index (χ3v) is 6.06. The normalized spacial score (nSPS) is 21.0. The van der Waals surface area contributed by atoms with Gasteiger partial charge in [0.05, 0.1) is 0 Å². The molecule has 0 saturated carbocycles. The van der Waals surface area contributed by atoms with Crippen molar-refractivity contribution in [2.24, 2.45) is 5.92 Å². The highest BCUT2D eigenvalue weighted by molar-refractivity contribution is 5.00. The van der Waals surface area contributed by atoms with Crippen LogP contribution in [0.5, 0.6) is 0 Å². The van der Waals surface area contributed by atoms with Gasteiger partial charge in [0, 0.05) is 26.2 Å². The van der Waals surface area contributed by atoms with Gasteiger partial charge in [0.15, 0.2) is 0 Å². The Balaban J connectivity index is 0. The molecule has 14 heteroatoms. The number of nitrogens with zero attached hydrogens (tertiary/aromatic N) is 2. The third kappa shape index (κ3) is 9.14. The average molecular weight is 555 g/mol. The SMILES string of the molecule is C=CC(F)(F)C(F)C(F)(F)N1CCC(C)CC1.C=CC(F)(F)C(F)C(F)(F)N1CCCCCC1.F.F. The first-order valence-electron chi connectivity index (χ1n) is 11.1. The van der Waals surface area contributed by atoms with Crippen molar-refractivity contribution in [1.29, 1.82) is 0 Å². The first-order chi connectivity index (χ1) is 15.5. The van der Waals surface area contributed by atoms with E-state index in [1.54, 1.807) is 0 Å². The van der Waals surface area contributed by atoms with Crippen molar-refractivity contribution in [2.45, 2.75) is 81.7 Å². The summed E-state index contributed by atoms with van der Waals surface area (Å²) in [6.07, 6.45) is -3.84. The Labute approximate surface area is 203 Å². The van der Waals surface area contributed by atoms with Crippen molar-refractivity contribution in [2.75, 3.05) is 26.2 Å². The highest BCUT2D eigenvalue weighted by Crippen LogP contribution is 2.39. The molecule has 0 aromatic rings. The monoisotopic (exact) mass is 554 g/mol. The standard InChI is InChI=1S/2C11H16F5N.2FH/c1-3-10(13,14)9(12)11(15,16)17-6-4-8(2)5-7-17;1-2-10(13,14)9(12)11(15,16)17-7-5-3-4-6-8-17;;/h3,8-9H,1,4-7H2,2H3;2,9H,1,3-8H2;2*1H. The predicted molar refractivity (Wildman–Crippen MR) is 115 cm³/mol. The lowest BCUT2D eigenvalue weighted by Crippen LogP contribution is -2.56. The topological polar surface area (TPSA) is 6.48 Å². The maximum atomic E-state index is 13.6. The number of rotatable bonds is 8. The summed E-state index contributed by atoms with van der Waals surface area (Å²) in [7, 11) is 0. The summed E-state index contributed by atoms with van der Waals surface area (Å²) in [5.74, 6) is -8.16. The van der Waals surface area contributed by atoms with Gasteiger partial charge in [-0.25, -0.2) is 18.6 Å². The molecule has 2 unspecified atom stereocenters. The van der Waals surface area contributed by atoms with Crippen LogP contribution in [-0.4, -0.2) is 72.3 Å². The van der Waals surface area contributed by atoms with Crippen LogP contribution in [0, 0.1) is 5.92 Å². The number of allylic oxidation sites excluding steroid dienone is 2. The molecule has 2 atom stereocenters. The summed E-state index contributed by atoms with van der Waals surface area (Å²) in [5.41, 5.74) is 0. The number of hydrogen-bond acceptors (Lipinski definition) is 2. The first-order valence-corrected chi connectivity index (χ1v) is 11.1. The van der Waals surface area contributed by atoms with Crippen molar-refractivity contribution in [3.05, 3.63) is 25.3 Å². The molecule has 2 fully saturated rings. The second kappa shape index (κ2) is 14.5. The molecular weight excluding hydrogens is 520 g/mol. The predicted octanol–water partition coefficient (Wildman–Crippen LogP) is 7.39. The van der Waals surface area contributed by atoms with Crippen LogP contribution in [0.3, 0.4) is 0 Å². The largest absolute Gasteiger partial charge is 0.342 e. The van der Waals surface area contributed by atoms with Crippen molar-refractivity contribution >= 4 is 0 Å². The van der Waals surface area contributed by atoms with E-state index in [2.05, 4.69) is 13.2 Å². The van der Waals surface area contributed by atoms with E-state index in [9.17, 15) is 43.9 Å². The molecule has 0 bridgehead atoms. The molecular formula is C22H34F12N2. The summed E-state index contributed by atoms with van der Waals surface area (Å²) in [4.78, 5) is 1.01. The Kier molecular flexibility index (Phi) is 14.8. The van der Waals surface area contributed by atoms with Gasteiger partial charge in [-0.1, -0.05) is 32.9 Å². The van der Waals surface area contributed by atoms with Crippen LogP contribution in [0.15, 0.2) is 25.3 Å². The zero-order valence-electron chi connectivity index (χ0n) is 19.9. The van der Waals surface area contributed by atoms with Crippen LogP contribution >= 0.6 is 0 Å². The van der Waals surface area contributed by atoms with E-state index in [0.29, 0.717) is 35.5 Å². The average Bonchev–Trinajstić information content (AvgIpc) is 3.09. The second-order valence-corrected chi connectivity index (χ2v) is 8.73. The molecule has 0 aromatic carbocycles. The molecule has 0 N–H and O–H groups in total. The minimum Gasteiger partial charge on any atom is -0.269 e. The molecule has 2 rings (SSSR count). The number of halogens is 12. The van der Waals surface area contributed by atoms with Crippen LogP contribution in [0.1, 0.15) is 45.4 Å². The van der Waals surface area contributed by atoms with Crippen molar-refractivity contribution in [3.8, 4) is 0 Å². The van der Waals surface area contributed by atoms with E-state index in [1.807, 2.05) is 6.92 Å². The minimum atomic E-state index is -4.22. The molecule has 0 radical (unpaired) electrons. The number of hydrogen-bond donors (Lipinski definition) is 0. The summed E-state index contributed by atoms with van der Waals surface area (Å²) >= 11 is 0. The fourth-order valence-corrected chi connectivity index (χ4v) is 3.67. The minimum absolute atomic E-state index is 0. The summed E-state index contributed by atoms with van der Waals surface area (Å²) < 4.78 is 132. The fraction of sp³-hybridized carbons (Fsp3) is 0.818. The van der Waals surface area contributed by atoms with E-state index in [0.717, 1.165) is 12.8 Å². The van der Waals surface area contributed by atoms with E-state index in [1.165, 1.54) is 0 Å². The van der Waals surface area contributed by atoms with Gasteiger partial charge in [0.2, 0.25) is 12.3 Å². The van der Waals surface area contributed by atoms with E-state index < -0.39 is 36.3 Å². The molecule has 36 heavy (non-hydrogen) atoms. The lowest BCUT2D eigenvalue weighted by atomic mass is 9.98. The van der Waals surface area contributed by atoms with Crippen molar-refractivity contribution < 1.29 is 53.3 Å². The van der Waals surface area contributed by atoms with Gasteiger partial charge >= 0.3 is 23.9 Å². The van der Waals surface area contributed by atoms with Gasteiger partial charge in [0.1, 0.15) is 0 Å². The fourth-order valence-electron chi connectivity index (χ4n) is 3.67. The van der Waals surface area contributed by atoms with Gasteiger partial charge in [-0.15, -0.1) is 0 Å². The maximum Gasteiger partial charge on any atom is 0.342 e. The highest BCUT2D eigenvalue weighted by Gasteiger charge is 2.58. The molecule has 0 amide bonds. The molecule has 2 nitrogen and oxygen atoms in total. The lowest BCUT2D eigenvalue weighted by molar-refractivity contribution is -0.242. The zero-order chi connectivity index (χ0) is 26.4. The van der Waals surface area contributed by atoms with E-state index in [-0.39, 0.29) is 53.7 Å². The lowest BCUT2D eigenvalue weighted by Gasteiger charge is -2.38. The first kappa shape index (κ1) is 36.7. The van der Waals surface area contributed by atoms with Gasteiger partial charge in [-0.05, 0) is 43.8 Å². The van der Waals surface area contributed by atoms with Gasteiger partial charge < -0.3 is 0 Å². The molecule has 2 saturated heterocycles. The zero-order valence-corrected chi connectivity index (χ0v) is 19.9. The van der Waals surface area contributed by atoms with Gasteiger partial charge in [0.25, 0.3) is 0 Å². The maximum absolute atomic E-state index is 13.6. The molecule has 0 aromatic heterocycles. The number of alkyl halides is 10. The van der Waals surface area contributed by atoms with Crippen molar-refractivity contribution in [3.63, 3.8) is 0 Å². The molecule has 0 spiro atoms. The summed E-state index contributed by atoms with van der Waals surface area (Å²) in [6.45, 7) is 7.02. The van der Waals surface area contributed by atoms with E-state index >= 15 is 0 Å². The second-order valence-electron chi connectivity index (χ2n) is 8.73. The Morgan fingerprint density at radius 1 is 0.639 bits per heavy atom.